The van der Waals surface area contributed by atoms with Gasteiger partial charge in [-0.1, -0.05) is 48.5 Å². The topological polar surface area (TPSA) is 117 Å². The van der Waals surface area contributed by atoms with Crippen molar-refractivity contribution < 1.29 is 29.0 Å². The highest BCUT2D eigenvalue weighted by molar-refractivity contribution is 5.81. The van der Waals surface area contributed by atoms with Crippen LogP contribution in [-0.4, -0.2) is 80.0 Å². The summed E-state index contributed by atoms with van der Waals surface area (Å²) in [5.74, 6) is -1.25. The number of carboxylic acid groups (broad SMARTS) is 1. The fourth-order valence-corrected chi connectivity index (χ4v) is 4.76. The van der Waals surface area contributed by atoms with Gasteiger partial charge in [-0.15, -0.1) is 0 Å². The molecule has 1 aliphatic heterocycles. The van der Waals surface area contributed by atoms with Gasteiger partial charge in [0.05, 0.1) is 19.8 Å². The zero-order valence-corrected chi connectivity index (χ0v) is 20.3. The minimum atomic E-state index is -1.11. The average Bonchev–Trinajstić information content (AvgIpc) is 3.20. The molecule has 1 saturated heterocycles. The second-order valence-electron chi connectivity index (χ2n) is 9.09. The first-order valence-corrected chi connectivity index (χ1v) is 12.4. The number of carbonyl (C=O) groups excluding carboxylic acids is 2. The summed E-state index contributed by atoms with van der Waals surface area (Å²) >= 11 is 0. The summed E-state index contributed by atoms with van der Waals surface area (Å²) in [7, 11) is 0. The average molecular weight is 496 g/mol. The fraction of sp³-hybridized carbons (Fsp3) is 0.444. The molecule has 0 aromatic heterocycles. The van der Waals surface area contributed by atoms with Crippen molar-refractivity contribution in [3.05, 3.63) is 59.7 Å². The number of alkyl carbamates (subject to hydrolysis) is 1. The van der Waals surface area contributed by atoms with E-state index in [0.717, 1.165) is 35.3 Å². The zero-order chi connectivity index (χ0) is 25.3. The van der Waals surface area contributed by atoms with Gasteiger partial charge in [0.1, 0.15) is 12.6 Å². The van der Waals surface area contributed by atoms with Crippen LogP contribution in [0.15, 0.2) is 48.5 Å². The normalized spacial score (nSPS) is 16.0. The maximum atomic E-state index is 12.4. The van der Waals surface area contributed by atoms with Crippen LogP contribution in [0.3, 0.4) is 0 Å². The Kier molecular flexibility index (Phi) is 8.91. The van der Waals surface area contributed by atoms with E-state index in [1.807, 2.05) is 41.3 Å². The van der Waals surface area contributed by atoms with Gasteiger partial charge in [-0.05, 0) is 41.5 Å². The smallest absolute Gasteiger partial charge is 0.407 e. The second-order valence-corrected chi connectivity index (χ2v) is 9.09. The number of rotatable bonds is 11. The van der Waals surface area contributed by atoms with Crippen LogP contribution in [0.2, 0.25) is 0 Å². The summed E-state index contributed by atoms with van der Waals surface area (Å²) in [6.07, 6.45) is 0.658. The van der Waals surface area contributed by atoms with E-state index in [-0.39, 0.29) is 24.9 Å². The van der Waals surface area contributed by atoms with Gasteiger partial charge in [-0.2, -0.15) is 0 Å². The van der Waals surface area contributed by atoms with E-state index in [1.165, 1.54) is 0 Å². The Morgan fingerprint density at radius 1 is 1.00 bits per heavy atom. The SMILES string of the molecule is O=C(CN1CCOCC1)NCCCCC(NC(=O)OCC1c2ccccc2-c2ccccc21)C(=O)O. The van der Waals surface area contributed by atoms with E-state index < -0.39 is 18.1 Å². The van der Waals surface area contributed by atoms with Gasteiger partial charge in [0.25, 0.3) is 0 Å². The van der Waals surface area contributed by atoms with Crippen LogP contribution in [0.4, 0.5) is 4.79 Å². The number of ether oxygens (including phenoxy) is 2. The highest BCUT2D eigenvalue weighted by atomic mass is 16.5. The van der Waals surface area contributed by atoms with Gasteiger partial charge in [-0.25, -0.2) is 9.59 Å². The number of aliphatic carboxylic acids is 1. The van der Waals surface area contributed by atoms with Crippen molar-refractivity contribution in [2.24, 2.45) is 0 Å². The molecule has 192 valence electrons. The van der Waals surface area contributed by atoms with Crippen LogP contribution in [0.25, 0.3) is 11.1 Å². The summed E-state index contributed by atoms with van der Waals surface area (Å²) in [6, 6.07) is 15.0. The lowest BCUT2D eigenvalue weighted by Crippen LogP contribution is -2.43. The number of carbonyl (C=O) groups is 3. The molecule has 0 bridgehead atoms. The monoisotopic (exact) mass is 495 g/mol. The first-order chi connectivity index (χ1) is 17.5. The largest absolute Gasteiger partial charge is 0.480 e. The molecule has 9 nitrogen and oxygen atoms in total. The Labute approximate surface area is 210 Å². The van der Waals surface area contributed by atoms with Crippen LogP contribution in [0.1, 0.15) is 36.3 Å². The van der Waals surface area contributed by atoms with E-state index in [4.69, 9.17) is 9.47 Å². The molecular weight excluding hydrogens is 462 g/mol. The molecule has 9 heteroatoms. The van der Waals surface area contributed by atoms with E-state index in [2.05, 4.69) is 22.8 Å². The number of fused-ring (bicyclic) bond motifs is 3. The van der Waals surface area contributed by atoms with Crippen molar-refractivity contribution in [1.82, 2.24) is 15.5 Å². The van der Waals surface area contributed by atoms with Crippen LogP contribution >= 0.6 is 0 Å². The number of nitrogens with one attached hydrogen (secondary N) is 2. The predicted octanol–water partition coefficient (Wildman–Crippen LogP) is 2.60. The lowest BCUT2D eigenvalue weighted by Gasteiger charge is -2.25. The summed E-state index contributed by atoms with van der Waals surface area (Å²) in [5.41, 5.74) is 4.44. The standard InChI is InChI=1S/C27H33N3O6/c31-25(17-30-13-15-35-16-14-30)28-12-6-5-11-24(26(32)33)29-27(34)36-18-23-21-9-3-1-7-19(21)20-8-2-4-10-22(20)23/h1-4,7-10,23-24H,5-6,11-18H2,(H,28,31)(H,29,34)(H,32,33). The molecule has 1 fully saturated rings. The third kappa shape index (κ3) is 6.61. The molecule has 4 rings (SSSR count). The number of carboxylic acids is 1. The molecule has 2 amide bonds. The molecule has 0 saturated carbocycles. The van der Waals surface area contributed by atoms with Crippen molar-refractivity contribution in [3.63, 3.8) is 0 Å². The van der Waals surface area contributed by atoms with Crippen LogP contribution < -0.4 is 10.6 Å². The van der Waals surface area contributed by atoms with Gasteiger partial charge in [0, 0.05) is 25.6 Å². The van der Waals surface area contributed by atoms with E-state index in [1.54, 1.807) is 0 Å². The number of hydrogen-bond donors (Lipinski definition) is 3. The molecule has 0 spiro atoms. The van der Waals surface area contributed by atoms with Crippen molar-refractivity contribution in [2.45, 2.75) is 31.2 Å². The third-order valence-corrected chi connectivity index (χ3v) is 6.65. The van der Waals surface area contributed by atoms with Gasteiger partial charge < -0.3 is 25.2 Å². The fourth-order valence-electron chi connectivity index (χ4n) is 4.76. The Morgan fingerprint density at radius 2 is 1.64 bits per heavy atom. The molecule has 36 heavy (non-hydrogen) atoms. The number of unbranched alkanes of at least 4 members (excludes halogenated alkanes) is 1. The molecule has 1 atom stereocenters. The highest BCUT2D eigenvalue weighted by Gasteiger charge is 2.29. The van der Waals surface area contributed by atoms with E-state index in [0.29, 0.717) is 39.1 Å². The van der Waals surface area contributed by atoms with Crippen molar-refractivity contribution in [2.75, 3.05) is 46.0 Å². The zero-order valence-electron chi connectivity index (χ0n) is 20.3. The Morgan fingerprint density at radius 3 is 2.28 bits per heavy atom. The summed E-state index contributed by atoms with van der Waals surface area (Å²) in [6.45, 7) is 3.69. The number of hydrogen-bond acceptors (Lipinski definition) is 6. The molecular formula is C27H33N3O6. The second kappa shape index (κ2) is 12.5. The minimum absolute atomic E-state index is 0.0524. The molecule has 2 aromatic rings. The number of morpholine rings is 1. The molecule has 1 heterocycles. The Balaban J connectivity index is 1.19. The third-order valence-electron chi connectivity index (χ3n) is 6.65. The Bertz CT molecular complexity index is 1020. The predicted molar refractivity (Wildman–Crippen MR) is 134 cm³/mol. The lowest BCUT2D eigenvalue weighted by atomic mass is 9.98. The van der Waals surface area contributed by atoms with Crippen molar-refractivity contribution in [1.29, 1.82) is 0 Å². The molecule has 1 unspecified atom stereocenters. The van der Waals surface area contributed by atoms with Crippen LogP contribution in [0, 0.1) is 0 Å². The van der Waals surface area contributed by atoms with Gasteiger partial charge in [-0.3, -0.25) is 9.69 Å². The van der Waals surface area contributed by atoms with Crippen LogP contribution in [-0.2, 0) is 19.1 Å². The van der Waals surface area contributed by atoms with Crippen molar-refractivity contribution in [3.8, 4) is 11.1 Å². The summed E-state index contributed by atoms with van der Waals surface area (Å²) in [4.78, 5) is 38.2. The summed E-state index contributed by atoms with van der Waals surface area (Å²) < 4.78 is 10.7. The number of benzene rings is 2. The van der Waals surface area contributed by atoms with Gasteiger partial charge in [0.2, 0.25) is 5.91 Å². The first-order valence-electron chi connectivity index (χ1n) is 12.4. The Hall–Kier alpha value is -3.43. The first kappa shape index (κ1) is 25.7. The molecule has 2 aliphatic rings. The minimum Gasteiger partial charge on any atom is -0.480 e. The highest BCUT2D eigenvalue weighted by Crippen LogP contribution is 2.44. The molecule has 2 aromatic carbocycles. The van der Waals surface area contributed by atoms with Crippen molar-refractivity contribution >= 4 is 18.0 Å². The van der Waals surface area contributed by atoms with E-state index in [9.17, 15) is 19.5 Å². The van der Waals surface area contributed by atoms with Gasteiger partial charge in [0.15, 0.2) is 0 Å². The summed E-state index contributed by atoms with van der Waals surface area (Å²) in [5, 5.41) is 14.9. The van der Waals surface area contributed by atoms with Gasteiger partial charge >= 0.3 is 12.1 Å². The molecule has 0 radical (unpaired) electrons. The number of amides is 2. The maximum absolute atomic E-state index is 12.4. The number of nitrogens with zero attached hydrogens (tertiary/aromatic N) is 1. The van der Waals surface area contributed by atoms with E-state index >= 15 is 0 Å². The molecule has 3 N–H and O–H groups in total. The quantitative estimate of drug-likeness (QED) is 0.410. The molecule has 1 aliphatic carbocycles. The maximum Gasteiger partial charge on any atom is 0.407 e. The van der Waals surface area contributed by atoms with Crippen LogP contribution in [0.5, 0.6) is 0 Å². The lowest BCUT2D eigenvalue weighted by molar-refractivity contribution is -0.139.